The average Bonchev–Trinajstić information content (AvgIpc) is 2.55. The number of hydrogen-bond donors (Lipinski definition) is 2. The minimum absolute atomic E-state index is 0. The summed E-state index contributed by atoms with van der Waals surface area (Å²) in [5, 5.41) is 2.95. The molecule has 164 valence electrons. The summed E-state index contributed by atoms with van der Waals surface area (Å²) in [6.45, 7) is 9.68. The molecule has 1 aliphatic heterocycles. The summed E-state index contributed by atoms with van der Waals surface area (Å²) in [6.07, 6.45) is 0.632. The molecule has 28 heavy (non-hydrogen) atoms. The molecular weight excluding hydrogens is 426 g/mol. The van der Waals surface area contributed by atoms with Crippen molar-refractivity contribution < 1.29 is 9.18 Å². The second kappa shape index (κ2) is 13.4. The molecule has 1 heterocycles. The van der Waals surface area contributed by atoms with Crippen molar-refractivity contribution in [1.29, 1.82) is 0 Å². The third-order valence-corrected chi connectivity index (χ3v) is 4.72. The summed E-state index contributed by atoms with van der Waals surface area (Å²) in [7, 11) is 2.10. The van der Waals surface area contributed by atoms with Crippen molar-refractivity contribution in [3.63, 3.8) is 0 Å². The SMILES string of the molecule is CC(C)C[C@H](N)C(=O)NC(C)c1cc(F)ccc1N1CCN(C)CC1.Cl.Cl.Cl. The van der Waals surface area contributed by atoms with E-state index < -0.39 is 6.04 Å². The van der Waals surface area contributed by atoms with Crippen molar-refractivity contribution in [2.75, 3.05) is 38.1 Å². The molecule has 0 aromatic heterocycles. The molecule has 1 unspecified atom stereocenters. The fraction of sp³-hybridized carbons (Fsp3) is 0.632. The highest BCUT2D eigenvalue weighted by Gasteiger charge is 2.23. The van der Waals surface area contributed by atoms with Gasteiger partial charge in [0.1, 0.15) is 5.82 Å². The van der Waals surface area contributed by atoms with Crippen LogP contribution in [0.5, 0.6) is 0 Å². The van der Waals surface area contributed by atoms with Crippen molar-refractivity contribution in [1.82, 2.24) is 10.2 Å². The van der Waals surface area contributed by atoms with Crippen LogP contribution in [0.2, 0.25) is 0 Å². The molecule has 0 bridgehead atoms. The number of carbonyl (C=O) groups excluding carboxylic acids is 1. The predicted molar refractivity (Wildman–Crippen MR) is 122 cm³/mol. The summed E-state index contributed by atoms with van der Waals surface area (Å²) in [6, 6.07) is 3.98. The first-order chi connectivity index (χ1) is 11.8. The van der Waals surface area contributed by atoms with Gasteiger partial charge in [-0.2, -0.15) is 0 Å². The lowest BCUT2D eigenvalue weighted by atomic mass is 10.0. The molecule has 1 aromatic rings. The summed E-state index contributed by atoms with van der Waals surface area (Å²) in [5.74, 6) is -0.124. The first-order valence-electron chi connectivity index (χ1n) is 9.06. The highest BCUT2D eigenvalue weighted by Crippen LogP contribution is 2.28. The highest BCUT2D eigenvalue weighted by molar-refractivity contribution is 5.86. The third kappa shape index (κ3) is 8.29. The number of nitrogens with zero attached hydrogens (tertiary/aromatic N) is 2. The minimum atomic E-state index is -0.539. The van der Waals surface area contributed by atoms with E-state index in [1.54, 1.807) is 0 Å². The number of anilines is 1. The molecule has 1 aliphatic rings. The van der Waals surface area contributed by atoms with Crippen LogP contribution < -0.4 is 16.0 Å². The lowest BCUT2D eigenvalue weighted by molar-refractivity contribution is -0.123. The number of nitrogens with one attached hydrogen (secondary N) is 1. The third-order valence-electron chi connectivity index (χ3n) is 4.72. The molecule has 1 saturated heterocycles. The van der Waals surface area contributed by atoms with Gasteiger partial charge in [0.25, 0.3) is 0 Å². The van der Waals surface area contributed by atoms with E-state index in [9.17, 15) is 9.18 Å². The topological polar surface area (TPSA) is 61.6 Å². The van der Waals surface area contributed by atoms with Crippen molar-refractivity contribution in [2.24, 2.45) is 11.7 Å². The van der Waals surface area contributed by atoms with Crippen molar-refractivity contribution in [3.05, 3.63) is 29.6 Å². The van der Waals surface area contributed by atoms with E-state index in [0.29, 0.717) is 12.3 Å². The number of piperazine rings is 1. The normalized spacial score (nSPS) is 16.3. The van der Waals surface area contributed by atoms with Crippen molar-refractivity contribution in [2.45, 2.75) is 39.3 Å². The quantitative estimate of drug-likeness (QED) is 0.684. The molecule has 9 heteroatoms. The Morgan fingerprint density at radius 3 is 2.25 bits per heavy atom. The smallest absolute Gasteiger partial charge is 0.237 e. The van der Waals surface area contributed by atoms with Gasteiger partial charge in [0.2, 0.25) is 5.91 Å². The van der Waals surface area contributed by atoms with Crippen LogP contribution in [0.4, 0.5) is 10.1 Å². The Labute approximate surface area is 186 Å². The maximum atomic E-state index is 13.8. The molecule has 1 amide bonds. The number of rotatable bonds is 6. The summed E-state index contributed by atoms with van der Waals surface area (Å²) >= 11 is 0. The van der Waals surface area contributed by atoms with Crippen LogP contribution in [0.3, 0.4) is 0 Å². The van der Waals surface area contributed by atoms with Gasteiger partial charge in [-0.15, -0.1) is 37.2 Å². The predicted octanol–water partition coefficient (Wildman–Crippen LogP) is 3.39. The van der Waals surface area contributed by atoms with Crippen LogP contribution in [0.25, 0.3) is 0 Å². The van der Waals surface area contributed by atoms with Crippen molar-refractivity contribution >= 4 is 48.8 Å². The van der Waals surface area contributed by atoms with Crippen LogP contribution in [0, 0.1) is 11.7 Å². The summed E-state index contributed by atoms with van der Waals surface area (Å²) < 4.78 is 13.8. The van der Waals surface area contributed by atoms with Gasteiger partial charge in [-0.3, -0.25) is 4.79 Å². The van der Waals surface area contributed by atoms with Gasteiger partial charge in [0, 0.05) is 37.4 Å². The van der Waals surface area contributed by atoms with E-state index in [2.05, 4.69) is 22.2 Å². The van der Waals surface area contributed by atoms with Gasteiger partial charge < -0.3 is 20.9 Å². The Bertz CT molecular complexity index is 599. The largest absolute Gasteiger partial charge is 0.369 e. The van der Waals surface area contributed by atoms with Gasteiger partial charge in [-0.25, -0.2) is 4.39 Å². The van der Waals surface area contributed by atoms with Crippen LogP contribution in [-0.2, 0) is 4.79 Å². The summed E-state index contributed by atoms with van der Waals surface area (Å²) in [5.41, 5.74) is 7.75. The fourth-order valence-corrected chi connectivity index (χ4v) is 3.22. The zero-order chi connectivity index (χ0) is 18.6. The standard InChI is InChI=1S/C19H31FN4O.3ClH/c1-13(2)11-17(21)19(25)22-14(3)16-12-15(20)5-6-18(16)24-9-7-23(4)8-10-24;;;/h5-6,12-14,17H,7-11,21H2,1-4H3,(H,22,25);3*1H/t14?,17-;;;/m0.../s1. The number of likely N-dealkylation sites (N-methyl/N-ethyl adjacent to an activating group) is 1. The monoisotopic (exact) mass is 458 g/mol. The van der Waals surface area contributed by atoms with Gasteiger partial charge in [-0.05, 0) is 44.5 Å². The first-order valence-corrected chi connectivity index (χ1v) is 9.06. The molecular formula is C19H34Cl3FN4O. The van der Waals surface area contributed by atoms with E-state index in [4.69, 9.17) is 5.73 Å². The maximum Gasteiger partial charge on any atom is 0.237 e. The zero-order valence-electron chi connectivity index (χ0n) is 17.0. The van der Waals surface area contributed by atoms with Gasteiger partial charge in [0.15, 0.2) is 0 Å². The maximum absolute atomic E-state index is 13.8. The summed E-state index contributed by atoms with van der Waals surface area (Å²) in [4.78, 5) is 16.9. The van der Waals surface area contributed by atoms with Crippen LogP contribution in [-0.4, -0.2) is 50.1 Å². The fourth-order valence-electron chi connectivity index (χ4n) is 3.22. The Morgan fingerprint density at radius 1 is 1.14 bits per heavy atom. The van der Waals surface area contributed by atoms with E-state index in [-0.39, 0.29) is 55.0 Å². The van der Waals surface area contributed by atoms with Crippen LogP contribution in [0.15, 0.2) is 18.2 Å². The van der Waals surface area contributed by atoms with E-state index in [1.165, 1.54) is 12.1 Å². The highest BCUT2D eigenvalue weighted by atomic mass is 35.5. The number of amides is 1. The van der Waals surface area contributed by atoms with Gasteiger partial charge in [-0.1, -0.05) is 13.8 Å². The number of hydrogen-bond acceptors (Lipinski definition) is 4. The van der Waals surface area contributed by atoms with E-state index in [0.717, 1.165) is 37.4 Å². The molecule has 1 aromatic carbocycles. The number of carbonyl (C=O) groups is 1. The van der Waals surface area contributed by atoms with Gasteiger partial charge >= 0.3 is 0 Å². The molecule has 0 radical (unpaired) electrons. The molecule has 0 saturated carbocycles. The first kappa shape index (κ1) is 29.4. The molecule has 0 spiro atoms. The minimum Gasteiger partial charge on any atom is -0.369 e. The number of halogens is 4. The Hall–Kier alpha value is -0.790. The average molecular weight is 460 g/mol. The molecule has 0 aliphatic carbocycles. The van der Waals surface area contributed by atoms with E-state index in [1.807, 2.05) is 26.8 Å². The van der Waals surface area contributed by atoms with Crippen LogP contribution >= 0.6 is 37.2 Å². The second-order valence-corrected chi connectivity index (χ2v) is 7.46. The molecule has 3 N–H and O–H groups in total. The Kier molecular flexibility index (Phi) is 14.1. The second-order valence-electron chi connectivity index (χ2n) is 7.46. The lowest BCUT2D eigenvalue weighted by Crippen LogP contribution is -2.45. The van der Waals surface area contributed by atoms with Crippen LogP contribution in [0.1, 0.15) is 38.8 Å². The van der Waals surface area contributed by atoms with E-state index >= 15 is 0 Å². The van der Waals surface area contributed by atoms with Gasteiger partial charge in [0.05, 0.1) is 12.1 Å². The lowest BCUT2D eigenvalue weighted by Gasteiger charge is -2.36. The molecule has 5 nitrogen and oxygen atoms in total. The molecule has 1 fully saturated rings. The van der Waals surface area contributed by atoms with Crippen molar-refractivity contribution in [3.8, 4) is 0 Å². The zero-order valence-corrected chi connectivity index (χ0v) is 19.4. The molecule has 2 atom stereocenters. The molecule has 2 rings (SSSR count). The Balaban J connectivity index is 0. The number of nitrogens with two attached hydrogens (primary N) is 1. The number of benzene rings is 1. The Morgan fingerprint density at radius 2 is 1.71 bits per heavy atom.